The van der Waals surface area contributed by atoms with E-state index in [9.17, 15) is 22.0 Å². The van der Waals surface area contributed by atoms with E-state index in [2.05, 4.69) is 4.74 Å². The van der Waals surface area contributed by atoms with Crippen molar-refractivity contribution in [1.29, 1.82) is 5.41 Å². The van der Waals surface area contributed by atoms with Crippen LogP contribution in [0.25, 0.3) is 0 Å². The molecule has 0 aromatic heterocycles. The fourth-order valence-corrected chi connectivity index (χ4v) is 1.12. The summed E-state index contributed by atoms with van der Waals surface area (Å²) < 4.78 is 66.4. The number of alkyl halides is 3. The van der Waals surface area contributed by atoms with Crippen LogP contribution in [0.5, 0.6) is 5.75 Å². The monoisotopic (exact) mass is 268 g/mol. The van der Waals surface area contributed by atoms with Crippen LogP contribution in [-0.2, 0) is 0 Å². The number of rotatable bonds is 4. The van der Waals surface area contributed by atoms with Gasteiger partial charge in [0.2, 0.25) is 0 Å². The fraction of sp³-hybridized carbons (Fsp3) is 0.300. The third-order valence-electron chi connectivity index (χ3n) is 1.94. The summed E-state index contributed by atoms with van der Waals surface area (Å²) in [4.78, 5) is 0. The van der Waals surface area contributed by atoms with Crippen molar-refractivity contribution in [2.45, 2.75) is 12.6 Å². The number of nitrogens with one attached hydrogen (secondary N) is 1. The van der Waals surface area contributed by atoms with E-state index in [1.807, 2.05) is 0 Å². The molecule has 1 rings (SSSR count). The van der Waals surface area contributed by atoms with Gasteiger partial charge in [-0.25, -0.2) is 8.78 Å². The van der Waals surface area contributed by atoms with Crippen molar-refractivity contribution >= 4 is 5.84 Å². The Kier molecular flexibility index (Phi) is 4.10. The lowest BCUT2D eigenvalue weighted by atomic mass is 10.2. The van der Waals surface area contributed by atoms with Gasteiger partial charge in [-0.3, -0.25) is 5.41 Å². The predicted octanol–water partition coefficient (Wildman–Crippen LogP) is 2.58. The first-order valence-electron chi connectivity index (χ1n) is 4.73. The van der Waals surface area contributed by atoms with Crippen LogP contribution in [0.4, 0.5) is 22.0 Å². The molecule has 0 heterocycles. The van der Waals surface area contributed by atoms with Gasteiger partial charge in [0.05, 0.1) is 13.0 Å². The molecule has 0 saturated carbocycles. The first kappa shape index (κ1) is 14.2. The molecule has 0 atom stereocenters. The molecule has 0 unspecified atom stereocenters. The highest BCUT2D eigenvalue weighted by Crippen LogP contribution is 2.25. The Morgan fingerprint density at radius 2 is 1.72 bits per heavy atom. The molecule has 0 saturated heterocycles. The first-order chi connectivity index (χ1) is 8.20. The molecule has 3 nitrogen and oxygen atoms in total. The van der Waals surface area contributed by atoms with Gasteiger partial charge < -0.3 is 10.5 Å². The number of benzene rings is 1. The molecule has 0 aliphatic rings. The molecule has 3 N–H and O–H groups in total. The molecule has 0 amide bonds. The number of halogens is 5. The summed E-state index contributed by atoms with van der Waals surface area (Å²) in [6.45, 7) is -0.892. The van der Waals surface area contributed by atoms with Gasteiger partial charge in [0.25, 0.3) is 0 Å². The topological polar surface area (TPSA) is 59.1 Å². The number of hydrogen-bond acceptors (Lipinski definition) is 2. The SMILES string of the molecule is N=C(N)c1cc(F)c(OCCC(F)(F)F)c(F)c1. The zero-order valence-corrected chi connectivity index (χ0v) is 8.94. The summed E-state index contributed by atoms with van der Waals surface area (Å²) in [7, 11) is 0. The van der Waals surface area contributed by atoms with E-state index in [0.29, 0.717) is 12.1 Å². The molecule has 0 aliphatic carbocycles. The van der Waals surface area contributed by atoms with Crippen LogP contribution in [0.2, 0.25) is 0 Å². The minimum atomic E-state index is -4.47. The standard InChI is InChI=1S/C10H9F5N2O/c11-6-3-5(9(16)17)4-7(12)8(6)18-2-1-10(13,14)15/h3-4H,1-2H2,(H3,16,17). The summed E-state index contributed by atoms with van der Waals surface area (Å²) in [6.07, 6.45) is -5.79. The van der Waals surface area contributed by atoms with E-state index >= 15 is 0 Å². The Balaban J connectivity index is 2.81. The third-order valence-corrected chi connectivity index (χ3v) is 1.94. The highest BCUT2D eigenvalue weighted by atomic mass is 19.4. The number of amidine groups is 1. The van der Waals surface area contributed by atoms with E-state index in [1.54, 1.807) is 0 Å². The van der Waals surface area contributed by atoms with E-state index in [4.69, 9.17) is 11.1 Å². The van der Waals surface area contributed by atoms with Crippen molar-refractivity contribution in [1.82, 2.24) is 0 Å². The van der Waals surface area contributed by atoms with E-state index in [1.165, 1.54) is 0 Å². The van der Waals surface area contributed by atoms with Gasteiger partial charge in [-0.15, -0.1) is 0 Å². The average molecular weight is 268 g/mol. The van der Waals surface area contributed by atoms with Gasteiger partial charge in [0.1, 0.15) is 5.84 Å². The van der Waals surface area contributed by atoms with Crippen LogP contribution in [-0.4, -0.2) is 18.6 Å². The molecule has 0 radical (unpaired) electrons. The minimum Gasteiger partial charge on any atom is -0.487 e. The molecule has 8 heteroatoms. The summed E-state index contributed by atoms with van der Waals surface area (Å²) >= 11 is 0. The Morgan fingerprint density at radius 1 is 1.22 bits per heavy atom. The maximum Gasteiger partial charge on any atom is 0.392 e. The van der Waals surface area contributed by atoms with Gasteiger partial charge in [-0.2, -0.15) is 13.2 Å². The second-order valence-corrected chi connectivity index (χ2v) is 3.40. The van der Waals surface area contributed by atoms with E-state index in [-0.39, 0.29) is 5.56 Å². The summed E-state index contributed by atoms with van der Waals surface area (Å²) in [5.74, 6) is -3.89. The molecule has 0 aliphatic heterocycles. The largest absolute Gasteiger partial charge is 0.487 e. The van der Waals surface area contributed by atoms with Crippen LogP contribution >= 0.6 is 0 Å². The van der Waals surface area contributed by atoms with Gasteiger partial charge in [-0.05, 0) is 12.1 Å². The summed E-state index contributed by atoms with van der Waals surface area (Å²) in [6, 6.07) is 1.43. The lowest BCUT2D eigenvalue weighted by molar-refractivity contribution is -0.139. The van der Waals surface area contributed by atoms with Gasteiger partial charge in [0.15, 0.2) is 17.4 Å². The smallest absolute Gasteiger partial charge is 0.392 e. The van der Waals surface area contributed by atoms with Gasteiger partial charge >= 0.3 is 6.18 Å². The predicted molar refractivity (Wildman–Crippen MR) is 53.5 cm³/mol. The molecule has 1 aromatic carbocycles. The van der Waals surface area contributed by atoms with Crippen molar-refractivity contribution in [3.63, 3.8) is 0 Å². The molecule has 1 aromatic rings. The quantitative estimate of drug-likeness (QED) is 0.501. The van der Waals surface area contributed by atoms with Crippen LogP contribution < -0.4 is 10.5 Å². The highest BCUT2D eigenvalue weighted by Gasteiger charge is 2.27. The molecule has 0 spiro atoms. The van der Waals surface area contributed by atoms with E-state index < -0.39 is 42.4 Å². The third kappa shape index (κ3) is 3.86. The minimum absolute atomic E-state index is 0.215. The normalized spacial score (nSPS) is 11.4. The number of ether oxygens (including phenoxy) is 1. The van der Waals surface area contributed by atoms with E-state index in [0.717, 1.165) is 0 Å². The zero-order valence-electron chi connectivity index (χ0n) is 8.94. The Bertz CT molecular complexity index is 435. The Morgan fingerprint density at radius 3 is 2.11 bits per heavy atom. The average Bonchev–Trinajstić information content (AvgIpc) is 2.20. The van der Waals surface area contributed by atoms with Gasteiger partial charge in [-0.1, -0.05) is 0 Å². The maximum atomic E-state index is 13.3. The van der Waals surface area contributed by atoms with Crippen molar-refractivity contribution in [2.75, 3.05) is 6.61 Å². The number of nitrogen functional groups attached to an aromatic ring is 1. The van der Waals surface area contributed by atoms with Crippen LogP contribution in [0.3, 0.4) is 0 Å². The molecule has 100 valence electrons. The zero-order chi connectivity index (χ0) is 13.9. The van der Waals surface area contributed by atoms with Crippen molar-refractivity contribution < 1.29 is 26.7 Å². The number of hydrogen-bond donors (Lipinski definition) is 2. The second-order valence-electron chi connectivity index (χ2n) is 3.40. The van der Waals surface area contributed by atoms with Crippen LogP contribution in [0.15, 0.2) is 12.1 Å². The number of nitrogens with two attached hydrogens (primary N) is 1. The summed E-state index contributed by atoms with van der Waals surface area (Å²) in [5.41, 5.74) is 4.80. The lowest BCUT2D eigenvalue weighted by Gasteiger charge is -2.11. The highest BCUT2D eigenvalue weighted by molar-refractivity contribution is 5.95. The molecular weight excluding hydrogens is 259 g/mol. The molecular formula is C10H9F5N2O. The molecule has 0 fully saturated rings. The first-order valence-corrected chi connectivity index (χ1v) is 4.73. The van der Waals surface area contributed by atoms with Crippen LogP contribution in [0.1, 0.15) is 12.0 Å². The van der Waals surface area contributed by atoms with Crippen LogP contribution in [0, 0.1) is 17.0 Å². The maximum absolute atomic E-state index is 13.3. The van der Waals surface area contributed by atoms with Gasteiger partial charge in [0, 0.05) is 5.56 Å². The van der Waals surface area contributed by atoms with Crippen molar-refractivity contribution in [3.05, 3.63) is 29.3 Å². The fourth-order valence-electron chi connectivity index (χ4n) is 1.12. The Labute approximate surface area is 98.9 Å². The molecule has 18 heavy (non-hydrogen) atoms. The molecule has 0 bridgehead atoms. The van der Waals surface area contributed by atoms with Crippen molar-refractivity contribution in [2.24, 2.45) is 5.73 Å². The lowest BCUT2D eigenvalue weighted by Crippen LogP contribution is -2.15. The Hall–Kier alpha value is -1.86. The second kappa shape index (κ2) is 5.19. The summed E-state index contributed by atoms with van der Waals surface area (Å²) in [5, 5.41) is 6.97. The van der Waals surface area contributed by atoms with Crippen molar-refractivity contribution in [3.8, 4) is 5.75 Å².